The molecular weight excluding hydrogens is 276 g/mol. The van der Waals surface area contributed by atoms with Gasteiger partial charge in [0.25, 0.3) is 0 Å². The molecule has 0 unspecified atom stereocenters. The van der Waals surface area contributed by atoms with Crippen LogP contribution in [0.15, 0.2) is 36.4 Å². The van der Waals surface area contributed by atoms with Gasteiger partial charge in [-0.25, -0.2) is 4.79 Å². The average Bonchev–Trinajstić information content (AvgIpc) is 2.85. The molecule has 0 saturated heterocycles. The lowest BCUT2D eigenvalue weighted by molar-refractivity contribution is 0.0699. The summed E-state index contributed by atoms with van der Waals surface area (Å²) in [6.45, 7) is 1.89. The lowest BCUT2D eigenvalue weighted by Crippen LogP contribution is -1.97. The van der Waals surface area contributed by atoms with Crippen molar-refractivity contribution in [3.05, 3.63) is 52.5 Å². The highest BCUT2D eigenvalue weighted by Gasteiger charge is 2.17. The van der Waals surface area contributed by atoms with E-state index in [4.69, 9.17) is 11.6 Å². The van der Waals surface area contributed by atoms with Gasteiger partial charge in [0, 0.05) is 16.0 Å². The molecule has 0 atom stereocenters. The summed E-state index contributed by atoms with van der Waals surface area (Å²) in [5.74, 6) is -0.974. The first-order chi connectivity index (χ1) is 9.59. The largest absolute Gasteiger partial charge is 0.478 e. The number of nitrogens with one attached hydrogen (secondary N) is 1. The Labute approximate surface area is 120 Å². The number of aromatic carboxylic acids is 1. The van der Waals surface area contributed by atoms with Crippen LogP contribution in [0.25, 0.3) is 22.2 Å². The molecule has 100 valence electrons. The normalized spacial score (nSPS) is 10.9. The number of nitrogens with zero attached hydrogens (tertiary/aromatic N) is 1. The fourth-order valence-corrected chi connectivity index (χ4v) is 2.48. The van der Waals surface area contributed by atoms with E-state index in [1.54, 1.807) is 24.3 Å². The van der Waals surface area contributed by atoms with E-state index in [0.717, 1.165) is 11.1 Å². The van der Waals surface area contributed by atoms with Crippen LogP contribution < -0.4 is 0 Å². The fraction of sp³-hybridized carbons (Fsp3) is 0.0667. The zero-order valence-electron chi connectivity index (χ0n) is 10.6. The molecule has 0 radical (unpaired) electrons. The molecule has 0 aliphatic carbocycles. The van der Waals surface area contributed by atoms with Crippen molar-refractivity contribution in [3.8, 4) is 11.3 Å². The quantitative estimate of drug-likeness (QED) is 0.751. The van der Waals surface area contributed by atoms with E-state index in [1.165, 1.54) is 0 Å². The van der Waals surface area contributed by atoms with E-state index in [-0.39, 0.29) is 5.56 Å². The number of fused-ring (bicyclic) bond motifs is 1. The number of aromatic nitrogens is 2. The Hall–Kier alpha value is -2.33. The van der Waals surface area contributed by atoms with Crippen LogP contribution in [0.1, 0.15) is 15.9 Å². The molecule has 0 aliphatic rings. The molecule has 0 bridgehead atoms. The number of benzene rings is 2. The fourth-order valence-electron chi connectivity index (χ4n) is 2.31. The van der Waals surface area contributed by atoms with E-state index in [0.29, 0.717) is 21.6 Å². The first kappa shape index (κ1) is 12.7. The van der Waals surface area contributed by atoms with Crippen LogP contribution in [-0.2, 0) is 0 Å². The van der Waals surface area contributed by atoms with Crippen LogP contribution in [0.4, 0.5) is 0 Å². The maximum absolute atomic E-state index is 11.4. The van der Waals surface area contributed by atoms with Gasteiger partial charge in [-0.3, -0.25) is 5.10 Å². The summed E-state index contributed by atoms with van der Waals surface area (Å²) in [6.07, 6.45) is 0. The summed E-state index contributed by atoms with van der Waals surface area (Å²) < 4.78 is 0. The van der Waals surface area contributed by atoms with Crippen LogP contribution in [0.3, 0.4) is 0 Å². The highest BCUT2D eigenvalue weighted by molar-refractivity contribution is 6.31. The van der Waals surface area contributed by atoms with Crippen molar-refractivity contribution in [2.75, 3.05) is 0 Å². The summed E-state index contributed by atoms with van der Waals surface area (Å²) in [6, 6.07) is 10.6. The summed E-state index contributed by atoms with van der Waals surface area (Å²) in [5.41, 5.74) is 3.24. The number of hydrogen-bond donors (Lipinski definition) is 2. The Balaban J connectivity index is 2.38. The lowest BCUT2D eigenvalue weighted by Gasteiger charge is -2.06. The predicted molar refractivity (Wildman–Crippen MR) is 78.2 cm³/mol. The van der Waals surface area contributed by atoms with Gasteiger partial charge in [0.15, 0.2) is 0 Å². The van der Waals surface area contributed by atoms with E-state index < -0.39 is 5.97 Å². The maximum atomic E-state index is 11.4. The van der Waals surface area contributed by atoms with Crippen molar-refractivity contribution in [1.82, 2.24) is 10.2 Å². The van der Waals surface area contributed by atoms with Crippen molar-refractivity contribution in [2.45, 2.75) is 6.92 Å². The van der Waals surface area contributed by atoms with Crippen molar-refractivity contribution >= 4 is 28.5 Å². The number of rotatable bonds is 2. The molecule has 0 spiro atoms. The maximum Gasteiger partial charge on any atom is 0.336 e. The molecule has 1 aromatic heterocycles. The number of hydrogen-bond acceptors (Lipinski definition) is 2. The summed E-state index contributed by atoms with van der Waals surface area (Å²) in [7, 11) is 0. The molecule has 0 aliphatic heterocycles. The number of carbonyl (C=O) groups is 1. The second kappa shape index (κ2) is 4.65. The van der Waals surface area contributed by atoms with Crippen molar-refractivity contribution in [1.29, 1.82) is 0 Å². The van der Waals surface area contributed by atoms with Crippen LogP contribution in [-0.4, -0.2) is 21.3 Å². The van der Waals surface area contributed by atoms with Gasteiger partial charge in [0.2, 0.25) is 0 Å². The molecule has 4 nitrogen and oxygen atoms in total. The van der Waals surface area contributed by atoms with Gasteiger partial charge in [-0.15, -0.1) is 0 Å². The topological polar surface area (TPSA) is 66.0 Å². The van der Waals surface area contributed by atoms with Crippen LogP contribution >= 0.6 is 11.6 Å². The third-order valence-corrected chi connectivity index (χ3v) is 3.75. The minimum atomic E-state index is -0.974. The van der Waals surface area contributed by atoms with Crippen molar-refractivity contribution in [3.63, 3.8) is 0 Å². The third kappa shape index (κ3) is 1.85. The Morgan fingerprint density at radius 1 is 1.25 bits per heavy atom. The Morgan fingerprint density at radius 2 is 2.00 bits per heavy atom. The van der Waals surface area contributed by atoms with Crippen molar-refractivity contribution in [2.24, 2.45) is 0 Å². The molecule has 0 fully saturated rings. The highest BCUT2D eigenvalue weighted by atomic mass is 35.5. The number of carboxylic acid groups (broad SMARTS) is 1. The predicted octanol–water partition coefficient (Wildman–Crippen LogP) is 3.89. The van der Waals surface area contributed by atoms with Gasteiger partial charge in [-0.2, -0.15) is 5.10 Å². The third-order valence-electron chi connectivity index (χ3n) is 3.34. The molecule has 0 saturated carbocycles. The zero-order chi connectivity index (χ0) is 14.3. The number of H-pyrrole nitrogens is 1. The molecule has 20 heavy (non-hydrogen) atoms. The molecule has 3 rings (SSSR count). The van der Waals surface area contributed by atoms with Crippen LogP contribution in [0, 0.1) is 6.92 Å². The van der Waals surface area contributed by atoms with Gasteiger partial charge in [0.05, 0.1) is 11.1 Å². The summed E-state index contributed by atoms with van der Waals surface area (Å²) in [5, 5.41) is 17.7. The highest BCUT2D eigenvalue weighted by Crippen LogP contribution is 2.33. The molecule has 2 aromatic carbocycles. The molecule has 5 heteroatoms. The molecule has 0 amide bonds. The molecular formula is C15H11ClN2O2. The molecule has 3 aromatic rings. The van der Waals surface area contributed by atoms with E-state index >= 15 is 0 Å². The SMILES string of the molecule is Cc1c(Cl)cccc1-c1n[nH]c2cccc(C(=O)O)c12. The Morgan fingerprint density at radius 3 is 2.75 bits per heavy atom. The van der Waals surface area contributed by atoms with Gasteiger partial charge in [0.1, 0.15) is 5.69 Å². The van der Waals surface area contributed by atoms with Gasteiger partial charge in [-0.05, 0) is 30.7 Å². The summed E-state index contributed by atoms with van der Waals surface area (Å²) >= 11 is 6.13. The Bertz CT molecular complexity index is 824. The molecule has 2 N–H and O–H groups in total. The smallest absolute Gasteiger partial charge is 0.336 e. The second-order valence-electron chi connectivity index (χ2n) is 4.52. The zero-order valence-corrected chi connectivity index (χ0v) is 11.4. The van der Waals surface area contributed by atoms with Crippen LogP contribution in [0.2, 0.25) is 5.02 Å². The first-order valence-electron chi connectivity index (χ1n) is 6.05. The summed E-state index contributed by atoms with van der Waals surface area (Å²) in [4.78, 5) is 11.4. The minimum Gasteiger partial charge on any atom is -0.478 e. The second-order valence-corrected chi connectivity index (χ2v) is 4.93. The number of carboxylic acids is 1. The lowest BCUT2D eigenvalue weighted by atomic mass is 10.00. The first-order valence-corrected chi connectivity index (χ1v) is 6.43. The Kier molecular flexibility index (Phi) is 2.95. The number of aromatic amines is 1. The van der Waals surface area contributed by atoms with Gasteiger partial charge < -0.3 is 5.11 Å². The number of halogens is 1. The van der Waals surface area contributed by atoms with Crippen molar-refractivity contribution < 1.29 is 9.90 Å². The van der Waals surface area contributed by atoms with E-state index in [9.17, 15) is 9.90 Å². The average molecular weight is 287 g/mol. The standard InChI is InChI=1S/C15H11ClN2O2/c1-8-9(4-2-6-11(8)16)14-13-10(15(19)20)5-3-7-12(13)17-18-14/h2-7H,1H3,(H,17,18)(H,19,20). The van der Waals surface area contributed by atoms with E-state index in [2.05, 4.69) is 10.2 Å². The van der Waals surface area contributed by atoms with Gasteiger partial charge in [-0.1, -0.05) is 29.8 Å². The van der Waals surface area contributed by atoms with Crippen LogP contribution in [0.5, 0.6) is 0 Å². The minimum absolute atomic E-state index is 0.227. The molecule has 1 heterocycles. The van der Waals surface area contributed by atoms with Gasteiger partial charge >= 0.3 is 5.97 Å². The van der Waals surface area contributed by atoms with E-state index in [1.807, 2.05) is 19.1 Å². The monoisotopic (exact) mass is 286 g/mol.